The van der Waals surface area contributed by atoms with Gasteiger partial charge in [-0.1, -0.05) is 23.7 Å². The van der Waals surface area contributed by atoms with Crippen LogP contribution in [0.3, 0.4) is 0 Å². The number of benzene rings is 2. The van der Waals surface area contributed by atoms with Gasteiger partial charge >= 0.3 is 0 Å². The van der Waals surface area contributed by atoms with Gasteiger partial charge in [0.15, 0.2) is 0 Å². The highest BCUT2D eigenvalue weighted by Crippen LogP contribution is 2.40. The molecule has 0 saturated heterocycles. The maximum Gasteiger partial charge on any atom is 0.265 e. The Morgan fingerprint density at radius 2 is 2.04 bits per heavy atom. The van der Waals surface area contributed by atoms with Gasteiger partial charge in [0.1, 0.15) is 0 Å². The Hall–Kier alpha value is -2.37. The Balaban J connectivity index is 1.80. The zero-order valence-corrected chi connectivity index (χ0v) is 14.4. The van der Waals surface area contributed by atoms with E-state index in [-0.39, 0.29) is 11.8 Å². The predicted octanol–water partition coefficient (Wildman–Crippen LogP) is 4.79. The summed E-state index contributed by atoms with van der Waals surface area (Å²) < 4.78 is 0.574. The molecule has 4 rings (SSSR count). The molecule has 3 aromatic rings. The molecule has 0 atom stereocenters. The summed E-state index contributed by atoms with van der Waals surface area (Å²) in [6.45, 7) is 2.56. The van der Waals surface area contributed by atoms with Crippen LogP contribution in [0.4, 0.5) is 11.4 Å². The van der Waals surface area contributed by atoms with Crippen molar-refractivity contribution in [1.29, 1.82) is 0 Å². The van der Waals surface area contributed by atoms with Crippen LogP contribution in [0.5, 0.6) is 0 Å². The van der Waals surface area contributed by atoms with Crippen molar-refractivity contribution in [2.24, 2.45) is 0 Å². The predicted molar refractivity (Wildman–Crippen MR) is 98.6 cm³/mol. The molecule has 6 heteroatoms. The molecule has 1 aliphatic heterocycles. The first-order valence-corrected chi connectivity index (χ1v) is 8.74. The summed E-state index contributed by atoms with van der Waals surface area (Å²) in [6.07, 6.45) is 0. The van der Waals surface area contributed by atoms with Crippen LogP contribution in [0.2, 0.25) is 4.34 Å². The SMILES string of the molecule is CCN1C(=O)c2cccc3c(NC(=O)c4ccc(Cl)s4)ccc1c23. The summed E-state index contributed by atoms with van der Waals surface area (Å²) in [7, 11) is 0. The Kier molecular flexibility index (Phi) is 3.55. The number of carbonyl (C=O) groups excluding carboxylic acids is 2. The lowest BCUT2D eigenvalue weighted by Crippen LogP contribution is -2.25. The lowest BCUT2D eigenvalue weighted by molar-refractivity contribution is 0.0992. The Bertz CT molecular complexity index is 996. The maximum atomic E-state index is 12.5. The van der Waals surface area contributed by atoms with Gasteiger partial charge in [-0.15, -0.1) is 11.3 Å². The molecule has 0 radical (unpaired) electrons. The number of hydrogen-bond donors (Lipinski definition) is 1. The lowest BCUT2D eigenvalue weighted by Gasteiger charge is -2.15. The van der Waals surface area contributed by atoms with Gasteiger partial charge in [-0.25, -0.2) is 0 Å². The highest BCUT2D eigenvalue weighted by atomic mass is 35.5. The second kappa shape index (κ2) is 5.61. The van der Waals surface area contributed by atoms with Crippen molar-refractivity contribution in [1.82, 2.24) is 0 Å². The average molecular weight is 357 g/mol. The fraction of sp³-hybridized carbons (Fsp3) is 0.111. The monoisotopic (exact) mass is 356 g/mol. The largest absolute Gasteiger partial charge is 0.321 e. The fourth-order valence-corrected chi connectivity index (χ4v) is 4.03. The molecule has 24 heavy (non-hydrogen) atoms. The van der Waals surface area contributed by atoms with E-state index in [1.165, 1.54) is 11.3 Å². The van der Waals surface area contributed by atoms with Gasteiger partial charge in [-0.05, 0) is 37.3 Å². The molecule has 0 bridgehead atoms. The van der Waals surface area contributed by atoms with Gasteiger partial charge in [-0.3, -0.25) is 9.59 Å². The average Bonchev–Trinajstić information content (AvgIpc) is 3.13. The number of nitrogens with one attached hydrogen (secondary N) is 1. The number of anilines is 2. The molecule has 0 aliphatic carbocycles. The molecule has 2 heterocycles. The van der Waals surface area contributed by atoms with Gasteiger partial charge in [0.25, 0.3) is 11.8 Å². The van der Waals surface area contributed by atoms with E-state index in [1.54, 1.807) is 17.0 Å². The number of carbonyl (C=O) groups is 2. The van der Waals surface area contributed by atoms with E-state index in [9.17, 15) is 9.59 Å². The second-order valence-corrected chi connectivity index (χ2v) is 7.18. The van der Waals surface area contributed by atoms with Crippen molar-refractivity contribution < 1.29 is 9.59 Å². The lowest BCUT2D eigenvalue weighted by atomic mass is 10.0. The first-order chi connectivity index (χ1) is 11.6. The van der Waals surface area contributed by atoms with Crippen LogP contribution in [0, 0.1) is 0 Å². The molecule has 120 valence electrons. The van der Waals surface area contributed by atoms with Crippen molar-refractivity contribution in [3.05, 3.63) is 57.2 Å². The fourth-order valence-electron chi connectivity index (χ4n) is 3.09. The van der Waals surface area contributed by atoms with E-state index in [0.29, 0.717) is 27.0 Å². The van der Waals surface area contributed by atoms with Gasteiger partial charge in [0.2, 0.25) is 0 Å². The normalized spacial score (nSPS) is 12.9. The number of thiophene rings is 1. The quantitative estimate of drug-likeness (QED) is 0.733. The summed E-state index contributed by atoms with van der Waals surface area (Å²) in [5.74, 6) is -0.198. The van der Waals surface area contributed by atoms with Crippen molar-refractivity contribution >= 4 is 56.9 Å². The van der Waals surface area contributed by atoms with Crippen molar-refractivity contribution in [3.63, 3.8) is 0 Å². The van der Waals surface area contributed by atoms with Crippen LogP contribution >= 0.6 is 22.9 Å². The van der Waals surface area contributed by atoms with Crippen LogP contribution < -0.4 is 10.2 Å². The molecule has 0 saturated carbocycles. The molecule has 4 nitrogen and oxygen atoms in total. The first kappa shape index (κ1) is 15.2. The summed E-state index contributed by atoms with van der Waals surface area (Å²) in [6, 6.07) is 12.7. The first-order valence-electron chi connectivity index (χ1n) is 7.54. The summed E-state index contributed by atoms with van der Waals surface area (Å²) >= 11 is 7.13. The molecule has 1 aromatic heterocycles. The van der Waals surface area contributed by atoms with Crippen molar-refractivity contribution in [2.45, 2.75) is 6.92 Å². The minimum Gasteiger partial charge on any atom is -0.321 e. The van der Waals surface area contributed by atoms with Crippen LogP contribution in [-0.2, 0) is 0 Å². The highest BCUT2D eigenvalue weighted by Gasteiger charge is 2.29. The van der Waals surface area contributed by atoms with Gasteiger partial charge in [-0.2, -0.15) is 0 Å². The Labute approximate surface area is 147 Å². The van der Waals surface area contributed by atoms with Crippen LogP contribution in [0.1, 0.15) is 27.0 Å². The molecule has 2 aromatic carbocycles. The molecule has 0 fully saturated rings. The van der Waals surface area contributed by atoms with E-state index in [1.807, 2.05) is 37.3 Å². The molecule has 0 spiro atoms. The number of rotatable bonds is 3. The third-order valence-electron chi connectivity index (χ3n) is 4.15. The topological polar surface area (TPSA) is 49.4 Å². The molecule has 0 unspecified atom stereocenters. The Morgan fingerprint density at radius 1 is 1.21 bits per heavy atom. The molecular formula is C18H13ClN2O2S. The number of amides is 2. The Morgan fingerprint density at radius 3 is 2.75 bits per heavy atom. The minimum atomic E-state index is -0.204. The summed E-state index contributed by atoms with van der Waals surface area (Å²) in [5.41, 5.74) is 2.26. The summed E-state index contributed by atoms with van der Waals surface area (Å²) in [5, 5.41) is 4.69. The molecule has 2 amide bonds. The summed E-state index contributed by atoms with van der Waals surface area (Å²) in [4.78, 5) is 27.2. The van der Waals surface area contributed by atoms with Crippen molar-refractivity contribution in [3.8, 4) is 0 Å². The smallest absolute Gasteiger partial charge is 0.265 e. The van der Waals surface area contributed by atoms with E-state index in [2.05, 4.69) is 5.32 Å². The zero-order chi connectivity index (χ0) is 16.8. The van der Waals surface area contributed by atoms with E-state index >= 15 is 0 Å². The van der Waals surface area contributed by atoms with E-state index < -0.39 is 0 Å². The number of hydrogen-bond acceptors (Lipinski definition) is 3. The number of nitrogens with zero attached hydrogens (tertiary/aromatic N) is 1. The van der Waals surface area contributed by atoms with E-state index in [0.717, 1.165) is 16.5 Å². The molecule has 1 N–H and O–H groups in total. The van der Waals surface area contributed by atoms with Crippen LogP contribution in [-0.4, -0.2) is 18.4 Å². The van der Waals surface area contributed by atoms with Gasteiger partial charge in [0, 0.05) is 28.6 Å². The van der Waals surface area contributed by atoms with Crippen molar-refractivity contribution in [2.75, 3.05) is 16.8 Å². The highest BCUT2D eigenvalue weighted by molar-refractivity contribution is 7.18. The third kappa shape index (κ3) is 2.20. The molecular weight excluding hydrogens is 344 g/mol. The zero-order valence-electron chi connectivity index (χ0n) is 12.8. The third-order valence-corrected chi connectivity index (χ3v) is 5.38. The van der Waals surface area contributed by atoms with E-state index in [4.69, 9.17) is 11.6 Å². The van der Waals surface area contributed by atoms with Gasteiger partial charge in [0.05, 0.1) is 14.9 Å². The standard InChI is InChI=1S/C18H13ClN2O2S/c1-2-21-13-7-6-12(20-17(22)14-8-9-15(19)24-14)10-4-3-5-11(16(10)13)18(21)23/h3-9H,2H2,1H3,(H,20,22). The van der Waals surface area contributed by atoms with Crippen LogP contribution in [0.15, 0.2) is 42.5 Å². The van der Waals surface area contributed by atoms with Gasteiger partial charge < -0.3 is 10.2 Å². The van der Waals surface area contributed by atoms with Crippen LogP contribution in [0.25, 0.3) is 10.8 Å². The minimum absolute atomic E-state index is 0.00613. The molecule has 1 aliphatic rings. The maximum absolute atomic E-state index is 12.5. The second-order valence-electron chi connectivity index (χ2n) is 5.47. The number of halogens is 1.